The van der Waals surface area contributed by atoms with Gasteiger partial charge >= 0.3 is 0 Å². The molecule has 250 valence electrons. The number of nitrogens with zero attached hydrogens (tertiary/aromatic N) is 1. The highest BCUT2D eigenvalue weighted by Gasteiger charge is 2.42. The maximum Gasteiger partial charge on any atom is 0.246 e. The van der Waals surface area contributed by atoms with Gasteiger partial charge in [0.2, 0.25) is 23.6 Å². The molecule has 2 aliphatic heterocycles. The number of carbonyl (C=O) groups is 5. The van der Waals surface area contributed by atoms with Gasteiger partial charge in [-0.05, 0) is 70.2 Å². The second-order valence-electron chi connectivity index (χ2n) is 14.7. The molecule has 45 heavy (non-hydrogen) atoms. The van der Waals surface area contributed by atoms with Gasteiger partial charge < -0.3 is 25.3 Å². The van der Waals surface area contributed by atoms with Crippen LogP contribution in [0.25, 0.3) is 0 Å². The molecule has 0 spiro atoms. The number of unbranched alkanes of at least 4 members (excludes halogenated alkanes) is 2. The maximum atomic E-state index is 13.8. The molecule has 2 saturated heterocycles. The van der Waals surface area contributed by atoms with Crippen molar-refractivity contribution in [3.05, 3.63) is 35.9 Å². The van der Waals surface area contributed by atoms with E-state index in [-0.39, 0.29) is 29.1 Å². The van der Waals surface area contributed by atoms with E-state index in [4.69, 9.17) is 4.43 Å². The number of Topliss-reactive ketones (excluding diaryl/α,β-unsaturated/α-hetero) is 1. The number of rotatable bonds is 11. The Morgan fingerprint density at radius 3 is 2.31 bits per heavy atom. The van der Waals surface area contributed by atoms with Gasteiger partial charge in [-0.3, -0.25) is 24.0 Å². The zero-order valence-electron chi connectivity index (χ0n) is 28.5. The Kier molecular flexibility index (Phi) is 12.2. The Morgan fingerprint density at radius 2 is 1.67 bits per heavy atom. The summed E-state index contributed by atoms with van der Waals surface area (Å²) in [7, 11) is -2.06. The van der Waals surface area contributed by atoms with Crippen molar-refractivity contribution in [1.29, 1.82) is 0 Å². The number of hydrogen-bond donors (Lipinski definition) is 3. The molecule has 11 heteroatoms. The highest BCUT2D eigenvalue weighted by atomic mass is 28.4. The van der Waals surface area contributed by atoms with Crippen LogP contribution in [0, 0.1) is 0 Å². The van der Waals surface area contributed by atoms with Crippen molar-refractivity contribution >= 4 is 37.7 Å². The Hall–Kier alpha value is -3.05. The Morgan fingerprint density at radius 1 is 1.00 bits per heavy atom. The molecule has 1 aromatic rings. The second kappa shape index (κ2) is 15.0. The largest absolute Gasteiger partial charge is 0.407 e. The first-order valence-corrected chi connectivity index (χ1v) is 19.3. The van der Waals surface area contributed by atoms with Crippen molar-refractivity contribution in [2.75, 3.05) is 6.54 Å². The molecule has 3 N–H and O–H groups in total. The molecule has 0 radical (unpaired) electrons. The molecule has 4 atom stereocenters. The zero-order chi connectivity index (χ0) is 33.6. The third kappa shape index (κ3) is 9.72. The van der Waals surface area contributed by atoms with E-state index in [0.29, 0.717) is 51.5 Å². The molecular weight excluding hydrogens is 588 g/mol. The van der Waals surface area contributed by atoms with E-state index in [2.05, 4.69) is 49.8 Å². The molecule has 1 aromatic carbocycles. The van der Waals surface area contributed by atoms with Crippen LogP contribution in [0.3, 0.4) is 0 Å². The van der Waals surface area contributed by atoms with Gasteiger partial charge in [-0.25, -0.2) is 0 Å². The standard InChI is InChI=1S/C34H54N4O6Si/c1-23(44-45(7,8)33(2,3)4)28(39)20-14-10-13-18-25-29(40)37-34(5,6)32(43)36-26(22-24-16-11-9-12-17-24)31(42)38-21-15-19-27(38)30(41)35-25/h9,11-12,16-17,23,25-27H,10,13-15,18-22H2,1-8H3,(H,35,41)(H,36,43)(H,37,40)/t23-,25-,26-,27?/m0/s1. The molecular formula is C34H54N4O6Si. The van der Waals surface area contributed by atoms with Crippen LogP contribution in [0.1, 0.15) is 92.1 Å². The summed E-state index contributed by atoms with van der Waals surface area (Å²) in [5, 5.41) is 8.58. The topological polar surface area (TPSA) is 134 Å². The SMILES string of the molecule is C[C@H](O[Si](C)(C)C(C)(C)C)C(=O)CCCCC[C@@H]1NC(=O)C2CCCN2C(=O)[C@H](Cc2ccccc2)NC(=O)C(C)(C)NC1=O. The summed E-state index contributed by atoms with van der Waals surface area (Å²) in [5.41, 5.74) is -0.449. The molecule has 10 nitrogen and oxygen atoms in total. The molecule has 2 aliphatic rings. The van der Waals surface area contributed by atoms with E-state index in [1.54, 1.807) is 18.7 Å². The second-order valence-corrected chi connectivity index (χ2v) is 19.4. The summed E-state index contributed by atoms with van der Waals surface area (Å²) in [6.07, 6.45) is 3.62. The van der Waals surface area contributed by atoms with Crippen molar-refractivity contribution in [3.63, 3.8) is 0 Å². The van der Waals surface area contributed by atoms with Gasteiger partial charge in [0.25, 0.3) is 0 Å². The van der Waals surface area contributed by atoms with Gasteiger partial charge in [0.15, 0.2) is 14.1 Å². The van der Waals surface area contributed by atoms with E-state index >= 15 is 0 Å². The van der Waals surface area contributed by atoms with E-state index in [0.717, 1.165) is 5.56 Å². The number of ketones is 1. The van der Waals surface area contributed by atoms with Crippen LogP contribution >= 0.6 is 0 Å². The van der Waals surface area contributed by atoms with Crippen LogP contribution in [0.2, 0.25) is 18.1 Å². The van der Waals surface area contributed by atoms with Gasteiger partial charge in [-0.1, -0.05) is 63.9 Å². The van der Waals surface area contributed by atoms with Crippen LogP contribution < -0.4 is 16.0 Å². The number of nitrogens with one attached hydrogen (secondary N) is 3. The van der Waals surface area contributed by atoms with Crippen molar-refractivity contribution in [3.8, 4) is 0 Å². The monoisotopic (exact) mass is 642 g/mol. The first-order valence-electron chi connectivity index (χ1n) is 16.4. The minimum Gasteiger partial charge on any atom is -0.407 e. The fourth-order valence-electron chi connectivity index (χ4n) is 5.59. The highest BCUT2D eigenvalue weighted by Crippen LogP contribution is 2.37. The third-order valence-electron chi connectivity index (χ3n) is 9.51. The summed E-state index contributed by atoms with van der Waals surface area (Å²) in [4.78, 5) is 68.6. The van der Waals surface area contributed by atoms with Crippen LogP contribution in [0.5, 0.6) is 0 Å². The van der Waals surface area contributed by atoms with Crippen molar-refractivity contribution in [1.82, 2.24) is 20.9 Å². The Bertz CT molecular complexity index is 1230. The summed E-state index contributed by atoms with van der Waals surface area (Å²) >= 11 is 0. The number of fused-ring (bicyclic) bond motifs is 1. The lowest BCUT2D eigenvalue weighted by Gasteiger charge is -2.38. The first-order chi connectivity index (χ1) is 20.9. The smallest absolute Gasteiger partial charge is 0.246 e. The minimum atomic E-state index is -2.06. The summed E-state index contributed by atoms with van der Waals surface area (Å²) in [6, 6.07) is 6.94. The maximum absolute atomic E-state index is 13.8. The normalized spacial score (nSPS) is 23.6. The molecule has 0 saturated carbocycles. The van der Waals surface area contributed by atoms with E-state index in [1.807, 2.05) is 37.3 Å². The number of amides is 4. The Labute approximate surface area is 269 Å². The predicted molar refractivity (Wildman–Crippen MR) is 177 cm³/mol. The molecule has 0 aliphatic carbocycles. The average Bonchev–Trinajstić information content (AvgIpc) is 3.44. The van der Waals surface area contributed by atoms with E-state index in [1.165, 1.54) is 0 Å². The van der Waals surface area contributed by atoms with Crippen molar-refractivity contribution in [2.45, 2.75) is 141 Å². The van der Waals surface area contributed by atoms with Gasteiger partial charge in [0.1, 0.15) is 29.8 Å². The van der Waals surface area contributed by atoms with Crippen LogP contribution in [0.4, 0.5) is 0 Å². The molecule has 4 amide bonds. The number of hydrogen-bond acceptors (Lipinski definition) is 6. The fraction of sp³-hybridized carbons (Fsp3) is 0.676. The molecule has 2 heterocycles. The Balaban J connectivity index is 1.66. The van der Waals surface area contributed by atoms with Crippen molar-refractivity contribution < 1.29 is 28.4 Å². The molecule has 1 unspecified atom stereocenters. The van der Waals surface area contributed by atoms with Crippen LogP contribution in [-0.4, -0.2) is 78.9 Å². The lowest BCUT2D eigenvalue weighted by Crippen LogP contribution is -2.64. The summed E-state index contributed by atoms with van der Waals surface area (Å²) in [6.45, 7) is 16.1. The van der Waals surface area contributed by atoms with Gasteiger partial charge in [-0.15, -0.1) is 0 Å². The number of benzene rings is 1. The predicted octanol–water partition coefficient (Wildman–Crippen LogP) is 4.03. The average molecular weight is 643 g/mol. The highest BCUT2D eigenvalue weighted by molar-refractivity contribution is 6.74. The van der Waals surface area contributed by atoms with Crippen LogP contribution in [0.15, 0.2) is 30.3 Å². The lowest BCUT2D eigenvalue weighted by molar-refractivity contribution is -0.144. The molecule has 0 bridgehead atoms. The lowest BCUT2D eigenvalue weighted by atomic mass is 9.98. The summed E-state index contributed by atoms with van der Waals surface area (Å²) in [5.74, 6) is -1.52. The first kappa shape index (κ1) is 36.4. The molecule has 3 rings (SSSR count). The quantitative estimate of drug-likeness (QED) is 0.247. The zero-order valence-corrected chi connectivity index (χ0v) is 29.5. The molecule has 0 aromatic heterocycles. The minimum absolute atomic E-state index is 0.0160. The van der Waals surface area contributed by atoms with Gasteiger partial charge in [0, 0.05) is 19.4 Å². The van der Waals surface area contributed by atoms with Crippen LogP contribution in [-0.2, 0) is 34.8 Å². The van der Waals surface area contributed by atoms with Crippen molar-refractivity contribution in [2.24, 2.45) is 0 Å². The van der Waals surface area contributed by atoms with Gasteiger partial charge in [0.05, 0.1) is 0 Å². The number of carbonyl (C=O) groups excluding carboxylic acids is 5. The third-order valence-corrected chi connectivity index (χ3v) is 14.1. The fourth-order valence-corrected chi connectivity index (χ4v) is 6.96. The van der Waals surface area contributed by atoms with Gasteiger partial charge in [-0.2, -0.15) is 0 Å². The van der Waals surface area contributed by atoms with E-state index < -0.39 is 49.9 Å². The van der Waals surface area contributed by atoms with E-state index in [9.17, 15) is 24.0 Å². The molecule has 2 fully saturated rings. The summed E-state index contributed by atoms with van der Waals surface area (Å²) < 4.78 is 6.24.